The quantitative estimate of drug-likeness (QED) is 0.851. The smallest absolute Gasteiger partial charge is 0.237 e. The summed E-state index contributed by atoms with van der Waals surface area (Å²) in [6.07, 6.45) is 2.99. The zero-order chi connectivity index (χ0) is 12.3. The van der Waals surface area contributed by atoms with Gasteiger partial charge in [0.25, 0.3) is 0 Å². The van der Waals surface area contributed by atoms with E-state index in [1.165, 1.54) is 22.6 Å². The highest BCUT2D eigenvalue weighted by Crippen LogP contribution is 2.30. The Kier molecular flexibility index (Phi) is 4.07. The van der Waals surface area contributed by atoms with Gasteiger partial charge in [0.2, 0.25) is 5.91 Å². The molecule has 0 fully saturated rings. The summed E-state index contributed by atoms with van der Waals surface area (Å²) in [4.78, 5) is 12.7. The Morgan fingerprint density at radius 3 is 3.18 bits per heavy atom. The fourth-order valence-corrected chi connectivity index (χ4v) is 3.09. The second-order valence-electron chi connectivity index (χ2n) is 4.32. The van der Waals surface area contributed by atoms with E-state index >= 15 is 0 Å². The van der Waals surface area contributed by atoms with E-state index in [0.717, 1.165) is 12.0 Å². The lowest BCUT2D eigenvalue weighted by atomic mass is 10.0. The Morgan fingerprint density at radius 1 is 1.59 bits per heavy atom. The van der Waals surface area contributed by atoms with Crippen LogP contribution in [0.25, 0.3) is 0 Å². The normalized spacial score (nSPS) is 16.1. The molecule has 0 saturated carbocycles. The molecule has 0 bridgehead atoms. The molecule has 0 aliphatic carbocycles. The van der Waals surface area contributed by atoms with Crippen molar-refractivity contribution in [1.82, 2.24) is 5.32 Å². The average Bonchev–Trinajstić information content (AvgIpc) is 2.37. The second kappa shape index (κ2) is 5.56. The summed E-state index contributed by atoms with van der Waals surface area (Å²) < 4.78 is 0. The molecule has 1 aromatic rings. The molecule has 2 rings (SSSR count). The molecular weight excluding hydrogens is 232 g/mol. The maximum Gasteiger partial charge on any atom is 0.237 e. The van der Waals surface area contributed by atoms with E-state index in [1.54, 1.807) is 7.05 Å². The molecule has 1 aromatic carbocycles. The van der Waals surface area contributed by atoms with Crippen LogP contribution in [0.1, 0.15) is 17.5 Å². The number of nitrogens with two attached hydrogens (primary N) is 1. The predicted octanol–water partition coefficient (Wildman–Crippen LogP) is 1.34. The molecule has 0 aromatic heterocycles. The number of carbonyl (C=O) groups is 1. The van der Waals surface area contributed by atoms with Crippen molar-refractivity contribution in [3.63, 3.8) is 0 Å². The van der Waals surface area contributed by atoms with Crippen LogP contribution < -0.4 is 11.1 Å². The number of aryl methyl sites for hydroxylation is 1. The summed E-state index contributed by atoms with van der Waals surface area (Å²) in [6, 6.07) is 5.99. The number of hydrogen-bond acceptors (Lipinski definition) is 3. The van der Waals surface area contributed by atoms with E-state index < -0.39 is 6.04 Å². The minimum atomic E-state index is -0.450. The van der Waals surface area contributed by atoms with Gasteiger partial charge in [0.1, 0.15) is 0 Å². The van der Waals surface area contributed by atoms with Gasteiger partial charge >= 0.3 is 0 Å². The van der Waals surface area contributed by atoms with E-state index in [1.807, 2.05) is 11.8 Å². The van der Waals surface area contributed by atoms with Crippen molar-refractivity contribution in [2.75, 3.05) is 12.8 Å². The van der Waals surface area contributed by atoms with Crippen molar-refractivity contribution < 1.29 is 4.79 Å². The van der Waals surface area contributed by atoms with Crippen molar-refractivity contribution in [3.05, 3.63) is 29.3 Å². The fourth-order valence-electron chi connectivity index (χ4n) is 2.07. The predicted molar refractivity (Wildman–Crippen MR) is 71.2 cm³/mol. The van der Waals surface area contributed by atoms with Crippen LogP contribution in [0, 0.1) is 0 Å². The Bertz CT molecular complexity index is 420. The molecule has 0 radical (unpaired) electrons. The van der Waals surface area contributed by atoms with Crippen LogP contribution in [0.5, 0.6) is 0 Å². The largest absolute Gasteiger partial charge is 0.358 e. The van der Waals surface area contributed by atoms with Gasteiger partial charge in [-0.2, -0.15) is 0 Å². The molecule has 3 nitrogen and oxygen atoms in total. The fraction of sp³-hybridized carbons (Fsp3) is 0.462. The number of fused-ring (bicyclic) bond motifs is 1. The molecule has 1 aliphatic heterocycles. The van der Waals surface area contributed by atoms with E-state index in [4.69, 9.17) is 5.73 Å². The first-order valence-electron chi connectivity index (χ1n) is 5.92. The lowest BCUT2D eigenvalue weighted by Gasteiger charge is -2.17. The van der Waals surface area contributed by atoms with E-state index in [2.05, 4.69) is 23.5 Å². The van der Waals surface area contributed by atoms with Gasteiger partial charge in [0.15, 0.2) is 0 Å². The zero-order valence-electron chi connectivity index (χ0n) is 10.0. The van der Waals surface area contributed by atoms with Crippen molar-refractivity contribution in [1.29, 1.82) is 0 Å². The van der Waals surface area contributed by atoms with Gasteiger partial charge in [-0.25, -0.2) is 0 Å². The Morgan fingerprint density at radius 2 is 2.41 bits per heavy atom. The van der Waals surface area contributed by atoms with Gasteiger partial charge in [-0.3, -0.25) is 4.79 Å². The molecule has 0 spiro atoms. The number of benzene rings is 1. The van der Waals surface area contributed by atoms with Crippen molar-refractivity contribution in [3.8, 4) is 0 Å². The maximum absolute atomic E-state index is 11.4. The zero-order valence-corrected chi connectivity index (χ0v) is 10.8. The summed E-state index contributed by atoms with van der Waals surface area (Å²) in [6.45, 7) is 0. The second-order valence-corrected chi connectivity index (χ2v) is 5.46. The summed E-state index contributed by atoms with van der Waals surface area (Å²) in [5.41, 5.74) is 8.38. The van der Waals surface area contributed by atoms with Gasteiger partial charge in [0, 0.05) is 11.9 Å². The number of nitrogens with one attached hydrogen (secondary N) is 1. The summed E-state index contributed by atoms with van der Waals surface area (Å²) in [5.74, 6) is 1.11. The monoisotopic (exact) mass is 250 g/mol. The van der Waals surface area contributed by atoms with E-state index in [-0.39, 0.29) is 5.91 Å². The van der Waals surface area contributed by atoms with E-state index in [0.29, 0.717) is 6.42 Å². The van der Waals surface area contributed by atoms with Gasteiger partial charge in [-0.05, 0) is 42.2 Å². The highest BCUT2D eigenvalue weighted by Gasteiger charge is 2.14. The Labute approximate surface area is 106 Å². The first-order chi connectivity index (χ1) is 8.20. The molecule has 4 heteroatoms. The topological polar surface area (TPSA) is 55.1 Å². The Hall–Kier alpha value is -1.00. The van der Waals surface area contributed by atoms with Crippen LogP contribution in [-0.4, -0.2) is 24.7 Å². The standard InChI is InChI=1S/C13H18N2OS/c1-15-13(16)11(14)8-9-4-5-12-10(7-9)3-2-6-17-12/h4-5,7,11H,2-3,6,8,14H2,1H3,(H,15,16). The SMILES string of the molecule is CNC(=O)C(N)Cc1ccc2c(c1)CCCS2. The van der Waals surface area contributed by atoms with Crippen LogP contribution >= 0.6 is 11.8 Å². The highest BCUT2D eigenvalue weighted by molar-refractivity contribution is 7.99. The van der Waals surface area contributed by atoms with E-state index in [9.17, 15) is 4.79 Å². The molecule has 1 amide bonds. The molecule has 1 heterocycles. The number of amides is 1. The number of rotatable bonds is 3. The molecule has 0 saturated heterocycles. The third-order valence-corrected chi connectivity index (χ3v) is 4.21. The van der Waals surface area contributed by atoms with Crippen LogP contribution in [0.2, 0.25) is 0 Å². The minimum absolute atomic E-state index is 0.0999. The molecule has 92 valence electrons. The molecule has 17 heavy (non-hydrogen) atoms. The summed E-state index contributed by atoms with van der Waals surface area (Å²) in [5, 5.41) is 2.58. The number of thioether (sulfide) groups is 1. The van der Waals surface area contributed by atoms with Crippen LogP contribution in [0.15, 0.2) is 23.1 Å². The number of likely N-dealkylation sites (N-methyl/N-ethyl adjacent to an activating group) is 1. The summed E-state index contributed by atoms with van der Waals surface area (Å²) >= 11 is 1.92. The first kappa shape index (κ1) is 12.5. The van der Waals surface area contributed by atoms with Crippen LogP contribution in [0.4, 0.5) is 0 Å². The van der Waals surface area contributed by atoms with Crippen LogP contribution in [-0.2, 0) is 17.6 Å². The molecule has 1 aliphatic rings. The number of carbonyl (C=O) groups excluding carboxylic acids is 1. The van der Waals surface area contributed by atoms with Gasteiger partial charge < -0.3 is 11.1 Å². The van der Waals surface area contributed by atoms with Crippen molar-refractivity contribution in [2.45, 2.75) is 30.2 Å². The molecule has 1 atom stereocenters. The molecule has 1 unspecified atom stereocenters. The Balaban J connectivity index is 2.09. The van der Waals surface area contributed by atoms with Gasteiger partial charge in [0.05, 0.1) is 6.04 Å². The van der Waals surface area contributed by atoms with Crippen LogP contribution in [0.3, 0.4) is 0 Å². The van der Waals surface area contributed by atoms with Gasteiger partial charge in [-0.1, -0.05) is 12.1 Å². The number of hydrogen-bond donors (Lipinski definition) is 2. The maximum atomic E-state index is 11.4. The molecular formula is C13H18N2OS. The van der Waals surface area contributed by atoms with Crippen molar-refractivity contribution in [2.24, 2.45) is 5.73 Å². The average molecular weight is 250 g/mol. The van der Waals surface area contributed by atoms with Crippen molar-refractivity contribution >= 4 is 17.7 Å². The third-order valence-electron chi connectivity index (χ3n) is 3.01. The first-order valence-corrected chi connectivity index (χ1v) is 6.91. The lowest BCUT2D eigenvalue weighted by Crippen LogP contribution is -2.40. The molecule has 3 N–H and O–H groups in total. The summed E-state index contributed by atoms with van der Waals surface area (Å²) in [7, 11) is 1.62. The van der Waals surface area contributed by atoms with Gasteiger partial charge in [-0.15, -0.1) is 11.8 Å². The minimum Gasteiger partial charge on any atom is -0.358 e. The highest BCUT2D eigenvalue weighted by atomic mass is 32.2. The third kappa shape index (κ3) is 3.01. The lowest BCUT2D eigenvalue weighted by molar-refractivity contribution is -0.121.